The van der Waals surface area contributed by atoms with E-state index in [9.17, 15) is 0 Å². The zero-order valence-electron chi connectivity index (χ0n) is 8.71. The Hall–Kier alpha value is -0.240. The van der Waals surface area contributed by atoms with E-state index >= 15 is 0 Å². The summed E-state index contributed by atoms with van der Waals surface area (Å²) in [6.07, 6.45) is 3.49. The summed E-state index contributed by atoms with van der Waals surface area (Å²) in [5.74, 6) is 0. The highest BCUT2D eigenvalue weighted by molar-refractivity contribution is 6.34. The van der Waals surface area contributed by atoms with Gasteiger partial charge in [-0.25, -0.2) is 0 Å². The van der Waals surface area contributed by atoms with Crippen LogP contribution in [-0.2, 0) is 0 Å². The number of hydrogen-bond acceptors (Lipinski definition) is 1. The van der Waals surface area contributed by atoms with Crippen LogP contribution >= 0.6 is 23.2 Å². The summed E-state index contributed by atoms with van der Waals surface area (Å²) in [7, 11) is 0. The Labute approximate surface area is 101 Å². The normalized spacial score (nSPS) is 19.4. The smallest absolute Gasteiger partial charge is 0.0424 e. The molecule has 1 radical (unpaired) electrons. The van der Waals surface area contributed by atoms with E-state index in [1.165, 1.54) is 12.0 Å². The van der Waals surface area contributed by atoms with Crippen molar-refractivity contribution in [2.24, 2.45) is 0 Å². The predicted molar refractivity (Wildman–Crippen MR) is 65.4 cm³/mol. The average Bonchev–Trinajstić information content (AvgIpc) is 2.67. The maximum Gasteiger partial charge on any atom is 0.0424 e. The van der Waals surface area contributed by atoms with Gasteiger partial charge in [0.2, 0.25) is 0 Å². The Bertz CT molecular complexity index is 325. The number of rotatable bonds is 2. The van der Waals surface area contributed by atoms with Gasteiger partial charge in [-0.05, 0) is 50.1 Å². The molecular formula is C12H14Cl2N. The molecule has 1 aliphatic rings. The molecule has 1 aromatic carbocycles. The summed E-state index contributed by atoms with van der Waals surface area (Å²) in [5.41, 5.74) is 1.20. The Morgan fingerprint density at radius 1 is 1.20 bits per heavy atom. The summed E-state index contributed by atoms with van der Waals surface area (Å²) < 4.78 is 0. The topological polar surface area (TPSA) is 3.24 Å². The van der Waals surface area contributed by atoms with E-state index in [1.807, 2.05) is 12.1 Å². The van der Waals surface area contributed by atoms with Crippen molar-refractivity contribution in [1.82, 2.24) is 4.90 Å². The number of nitrogens with zero attached hydrogens (tertiary/aromatic N) is 1. The van der Waals surface area contributed by atoms with Crippen LogP contribution < -0.4 is 0 Å². The van der Waals surface area contributed by atoms with Crippen LogP contribution in [-0.4, -0.2) is 18.0 Å². The molecule has 0 unspecified atom stereocenters. The molecule has 0 saturated carbocycles. The summed E-state index contributed by atoms with van der Waals surface area (Å²) in [6, 6.07) is 6.15. The zero-order valence-corrected chi connectivity index (χ0v) is 10.2. The van der Waals surface area contributed by atoms with Crippen LogP contribution in [0, 0.1) is 6.42 Å². The highest BCUT2D eigenvalue weighted by atomic mass is 35.5. The molecule has 1 atom stereocenters. The zero-order chi connectivity index (χ0) is 10.8. The van der Waals surface area contributed by atoms with Crippen LogP contribution in [0.25, 0.3) is 0 Å². The minimum Gasteiger partial charge on any atom is -0.296 e. The van der Waals surface area contributed by atoms with E-state index in [2.05, 4.69) is 18.2 Å². The number of likely N-dealkylation sites (tertiary alicyclic amines) is 1. The lowest BCUT2D eigenvalue weighted by Gasteiger charge is -2.24. The standard InChI is InChI=1S/C12H14Cl2N/c1-9(15-4-2-3-5-15)10-6-11(13)8-12(14)7-10/h2,6-9H,3-5H2,1H3/t9-/m1/s1. The highest BCUT2D eigenvalue weighted by Gasteiger charge is 2.19. The monoisotopic (exact) mass is 242 g/mol. The quantitative estimate of drug-likeness (QED) is 0.759. The third-order valence-corrected chi connectivity index (χ3v) is 3.34. The first-order chi connectivity index (χ1) is 7.16. The number of hydrogen-bond donors (Lipinski definition) is 0. The third kappa shape index (κ3) is 2.66. The molecule has 1 nitrogen and oxygen atoms in total. The third-order valence-electron chi connectivity index (χ3n) is 2.90. The molecule has 2 rings (SSSR count). The summed E-state index contributed by atoms with van der Waals surface area (Å²) >= 11 is 12.0. The summed E-state index contributed by atoms with van der Waals surface area (Å²) in [5, 5.41) is 1.43. The fourth-order valence-electron chi connectivity index (χ4n) is 1.98. The molecule has 0 amide bonds. The molecule has 0 N–H and O–H groups in total. The van der Waals surface area contributed by atoms with E-state index in [4.69, 9.17) is 23.2 Å². The Kier molecular flexibility index (Phi) is 3.55. The van der Waals surface area contributed by atoms with Gasteiger partial charge in [-0.2, -0.15) is 0 Å². The van der Waals surface area contributed by atoms with Gasteiger partial charge in [-0.15, -0.1) is 0 Å². The van der Waals surface area contributed by atoms with Crippen LogP contribution in [0.5, 0.6) is 0 Å². The second-order valence-corrected chi connectivity index (χ2v) is 4.82. The maximum atomic E-state index is 5.99. The van der Waals surface area contributed by atoms with Crippen LogP contribution in [0.2, 0.25) is 10.0 Å². The molecule has 0 spiro atoms. The van der Waals surface area contributed by atoms with Crippen LogP contribution in [0.4, 0.5) is 0 Å². The van der Waals surface area contributed by atoms with Crippen LogP contribution in [0.3, 0.4) is 0 Å². The van der Waals surface area contributed by atoms with Gasteiger partial charge in [-0.1, -0.05) is 23.2 Å². The SMILES string of the molecule is C[C@H](c1cc(Cl)cc(Cl)c1)N1C[CH]CC1. The largest absolute Gasteiger partial charge is 0.296 e. The molecule has 1 heterocycles. The molecule has 0 aliphatic carbocycles. The lowest BCUT2D eigenvalue weighted by Crippen LogP contribution is -2.23. The van der Waals surface area contributed by atoms with Crippen molar-refractivity contribution in [3.63, 3.8) is 0 Å². The van der Waals surface area contributed by atoms with Crippen molar-refractivity contribution in [3.8, 4) is 0 Å². The molecule has 81 valence electrons. The maximum absolute atomic E-state index is 5.99. The summed E-state index contributed by atoms with van der Waals surface area (Å²) in [4.78, 5) is 2.42. The van der Waals surface area contributed by atoms with Gasteiger partial charge < -0.3 is 0 Å². The first-order valence-corrected chi connectivity index (χ1v) is 5.94. The van der Waals surface area contributed by atoms with Gasteiger partial charge in [0.1, 0.15) is 0 Å². The number of halogens is 2. The van der Waals surface area contributed by atoms with E-state index in [-0.39, 0.29) is 0 Å². The Morgan fingerprint density at radius 3 is 2.40 bits per heavy atom. The molecule has 3 heteroatoms. The molecule has 1 aliphatic heterocycles. The number of benzene rings is 1. The minimum absolute atomic E-state index is 0.389. The van der Waals surface area contributed by atoms with Gasteiger partial charge in [0.25, 0.3) is 0 Å². The Morgan fingerprint density at radius 2 is 1.87 bits per heavy atom. The van der Waals surface area contributed by atoms with E-state index in [0.29, 0.717) is 16.1 Å². The summed E-state index contributed by atoms with van der Waals surface area (Å²) in [6.45, 7) is 4.39. The van der Waals surface area contributed by atoms with Gasteiger partial charge >= 0.3 is 0 Å². The average molecular weight is 243 g/mol. The molecule has 15 heavy (non-hydrogen) atoms. The molecular weight excluding hydrogens is 229 g/mol. The van der Waals surface area contributed by atoms with E-state index < -0.39 is 0 Å². The fraction of sp³-hybridized carbons (Fsp3) is 0.417. The van der Waals surface area contributed by atoms with Gasteiger partial charge in [0.05, 0.1) is 0 Å². The Balaban J connectivity index is 2.20. The predicted octanol–water partition coefficient (Wildman–Crippen LogP) is 3.96. The van der Waals surface area contributed by atoms with Crippen molar-refractivity contribution in [2.75, 3.05) is 13.1 Å². The molecule has 1 fully saturated rings. The van der Waals surface area contributed by atoms with Crippen molar-refractivity contribution in [3.05, 3.63) is 40.2 Å². The molecule has 0 aromatic heterocycles. The first kappa shape index (κ1) is 11.3. The van der Waals surface area contributed by atoms with Crippen LogP contribution in [0.15, 0.2) is 18.2 Å². The van der Waals surface area contributed by atoms with Crippen LogP contribution in [0.1, 0.15) is 24.9 Å². The molecule has 0 bridgehead atoms. The second kappa shape index (κ2) is 4.73. The second-order valence-electron chi connectivity index (χ2n) is 3.95. The van der Waals surface area contributed by atoms with E-state index in [0.717, 1.165) is 13.1 Å². The lowest BCUT2D eigenvalue weighted by atomic mass is 10.1. The van der Waals surface area contributed by atoms with E-state index in [1.54, 1.807) is 6.07 Å². The minimum atomic E-state index is 0.389. The van der Waals surface area contributed by atoms with Crippen molar-refractivity contribution in [1.29, 1.82) is 0 Å². The molecule has 1 aromatic rings. The van der Waals surface area contributed by atoms with Crippen molar-refractivity contribution >= 4 is 23.2 Å². The molecule has 1 saturated heterocycles. The first-order valence-electron chi connectivity index (χ1n) is 5.18. The lowest BCUT2D eigenvalue weighted by molar-refractivity contribution is 0.268. The van der Waals surface area contributed by atoms with Gasteiger partial charge in [0.15, 0.2) is 0 Å². The highest BCUT2D eigenvalue weighted by Crippen LogP contribution is 2.28. The fourth-order valence-corrected chi connectivity index (χ4v) is 2.53. The van der Waals surface area contributed by atoms with Gasteiger partial charge in [-0.3, -0.25) is 4.90 Å². The van der Waals surface area contributed by atoms with Crippen molar-refractivity contribution in [2.45, 2.75) is 19.4 Å². The van der Waals surface area contributed by atoms with Crippen molar-refractivity contribution < 1.29 is 0 Å². The van der Waals surface area contributed by atoms with Gasteiger partial charge in [0, 0.05) is 22.6 Å².